The summed E-state index contributed by atoms with van der Waals surface area (Å²) in [6.45, 7) is 3.93. The Morgan fingerprint density at radius 2 is 1.86 bits per heavy atom. The molecule has 3 nitrogen and oxygen atoms in total. The third kappa shape index (κ3) is 4.75. The normalized spacial score (nSPS) is 22.8. The van der Waals surface area contributed by atoms with Crippen LogP contribution >= 0.6 is 11.8 Å². The zero-order chi connectivity index (χ0) is 14.6. The standard InChI is InChI=1S/C11H14NO2S.C5H5.Fe/c1-11(2)8(10(13)14)12-9(15-11)7-5-3-4-6-7;1-2-4-5-3-1;/h3-6,8-9,12H,1-2H3,(H,13,14);1-5H;/q-5;-1;. The van der Waals surface area contributed by atoms with Crippen LogP contribution in [0.15, 0.2) is 54.6 Å². The Morgan fingerprint density at radius 3 is 2.24 bits per heavy atom. The number of hydrogen-bond acceptors (Lipinski definition) is 3. The zero-order valence-corrected chi connectivity index (χ0v) is 13.9. The maximum absolute atomic E-state index is 11.1. The van der Waals surface area contributed by atoms with Crippen molar-refractivity contribution in [1.82, 2.24) is 5.32 Å². The quantitative estimate of drug-likeness (QED) is 0.647. The van der Waals surface area contributed by atoms with Gasteiger partial charge < -0.3 is 40.3 Å². The molecule has 2 aromatic carbocycles. The second kappa shape index (κ2) is 7.85. The number of thioether (sulfide) groups is 1. The average molecular weight is 345 g/mol. The molecule has 0 saturated carbocycles. The van der Waals surface area contributed by atoms with Crippen LogP contribution in [0.2, 0.25) is 0 Å². The van der Waals surface area contributed by atoms with E-state index in [1.807, 2.05) is 68.4 Å². The molecule has 2 atom stereocenters. The molecule has 0 spiro atoms. The van der Waals surface area contributed by atoms with Crippen molar-refractivity contribution in [2.75, 3.05) is 0 Å². The number of rotatable bonds is 2. The summed E-state index contributed by atoms with van der Waals surface area (Å²) in [5.41, 5.74) is 1.15. The van der Waals surface area contributed by atoms with E-state index < -0.39 is 12.0 Å². The van der Waals surface area contributed by atoms with Crippen LogP contribution in [-0.2, 0) is 21.9 Å². The van der Waals surface area contributed by atoms with Gasteiger partial charge in [-0.15, -0.1) is 5.37 Å². The van der Waals surface area contributed by atoms with Crippen LogP contribution in [0.1, 0.15) is 24.8 Å². The largest absolute Gasteiger partial charge is 0.747 e. The van der Waals surface area contributed by atoms with Gasteiger partial charge in [-0.3, -0.25) is 4.79 Å². The van der Waals surface area contributed by atoms with Crippen LogP contribution in [-0.4, -0.2) is 21.9 Å². The van der Waals surface area contributed by atoms with E-state index in [4.69, 9.17) is 5.11 Å². The second-order valence-electron chi connectivity index (χ2n) is 5.22. The molecular formula is C16H19FeNO2S-6. The van der Waals surface area contributed by atoms with Crippen LogP contribution in [0.3, 0.4) is 0 Å². The predicted octanol–water partition coefficient (Wildman–Crippen LogP) is 3.38. The van der Waals surface area contributed by atoms with Gasteiger partial charge in [-0.2, -0.15) is 30.0 Å². The van der Waals surface area contributed by atoms with Gasteiger partial charge >= 0.3 is 5.97 Å². The first-order valence-electron chi connectivity index (χ1n) is 6.55. The minimum absolute atomic E-state index is 0. The molecule has 2 aromatic rings. The van der Waals surface area contributed by atoms with Gasteiger partial charge in [0.1, 0.15) is 6.04 Å². The fourth-order valence-corrected chi connectivity index (χ4v) is 3.58. The SMILES string of the molecule is CC1(C)SC([c-]2[cH-][cH-][cH-][cH-]2)NC1C(=O)O.[Fe].c1cc[cH-]c1. The Morgan fingerprint density at radius 1 is 1.29 bits per heavy atom. The number of aliphatic carboxylic acids is 1. The van der Waals surface area contributed by atoms with Gasteiger partial charge in [0.05, 0.1) is 0 Å². The minimum Gasteiger partial charge on any atom is -0.747 e. The van der Waals surface area contributed by atoms with Crippen molar-refractivity contribution in [2.45, 2.75) is 30.0 Å². The monoisotopic (exact) mass is 345 g/mol. The van der Waals surface area contributed by atoms with E-state index in [9.17, 15) is 4.79 Å². The molecule has 21 heavy (non-hydrogen) atoms. The van der Waals surface area contributed by atoms with Crippen LogP contribution in [0.4, 0.5) is 0 Å². The van der Waals surface area contributed by atoms with Gasteiger partial charge in [0.25, 0.3) is 0 Å². The molecule has 2 N–H and O–H groups in total. The number of carboxylic acids is 1. The molecule has 1 saturated heterocycles. The smallest absolute Gasteiger partial charge is 0.322 e. The van der Waals surface area contributed by atoms with Crippen molar-refractivity contribution in [3.63, 3.8) is 0 Å². The molecule has 5 heteroatoms. The Hall–Kier alpha value is -1.00. The predicted molar refractivity (Wildman–Crippen MR) is 83.0 cm³/mol. The first kappa shape index (κ1) is 18.0. The molecule has 1 aliphatic heterocycles. The van der Waals surface area contributed by atoms with Crippen molar-refractivity contribution >= 4 is 17.7 Å². The summed E-state index contributed by atoms with van der Waals surface area (Å²) < 4.78 is -0.270. The summed E-state index contributed by atoms with van der Waals surface area (Å²) in [7, 11) is 0. The maximum Gasteiger partial charge on any atom is 0.322 e. The van der Waals surface area contributed by atoms with Gasteiger partial charge in [-0.25, -0.2) is 12.1 Å². The van der Waals surface area contributed by atoms with Crippen molar-refractivity contribution in [3.8, 4) is 0 Å². The Bertz CT molecular complexity index is 505. The fraction of sp³-hybridized carbons (Fsp3) is 0.312. The number of nitrogens with one attached hydrogen (secondary N) is 1. The van der Waals surface area contributed by atoms with Gasteiger partial charge in [0, 0.05) is 21.8 Å². The van der Waals surface area contributed by atoms with E-state index in [-0.39, 0.29) is 27.2 Å². The summed E-state index contributed by atoms with van der Waals surface area (Å²) in [5.74, 6) is -0.776. The van der Waals surface area contributed by atoms with Crippen LogP contribution in [0, 0.1) is 0 Å². The van der Waals surface area contributed by atoms with E-state index in [0.29, 0.717) is 0 Å². The molecule has 0 aliphatic carbocycles. The second-order valence-corrected chi connectivity index (χ2v) is 6.98. The Balaban J connectivity index is 0.000000313. The van der Waals surface area contributed by atoms with Crippen molar-refractivity contribution in [1.29, 1.82) is 0 Å². The van der Waals surface area contributed by atoms with Crippen LogP contribution < -0.4 is 5.32 Å². The number of hydrogen-bond donors (Lipinski definition) is 2. The first-order chi connectivity index (χ1) is 9.50. The molecule has 1 heterocycles. The molecule has 0 bridgehead atoms. The number of carbonyl (C=O) groups is 1. The molecule has 1 aliphatic rings. The van der Waals surface area contributed by atoms with E-state index in [0.717, 1.165) is 5.56 Å². The van der Waals surface area contributed by atoms with E-state index in [1.54, 1.807) is 11.8 Å². The van der Waals surface area contributed by atoms with E-state index in [1.165, 1.54) is 0 Å². The van der Waals surface area contributed by atoms with Crippen molar-refractivity contribution < 1.29 is 27.0 Å². The van der Waals surface area contributed by atoms with Gasteiger partial charge in [0.15, 0.2) is 0 Å². The molecule has 1 fully saturated rings. The summed E-state index contributed by atoms with van der Waals surface area (Å²) >= 11 is 1.67. The zero-order valence-electron chi connectivity index (χ0n) is 12.0. The Labute approximate surface area is 140 Å². The van der Waals surface area contributed by atoms with Gasteiger partial charge in [-0.05, 0) is 13.8 Å². The summed E-state index contributed by atoms with van der Waals surface area (Å²) in [6, 6.07) is 17.5. The third-order valence-electron chi connectivity index (χ3n) is 3.23. The molecule has 120 valence electrons. The molecule has 3 rings (SSSR count). The van der Waals surface area contributed by atoms with E-state index >= 15 is 0 Å². The topological polar surface area (TPSA) is 49.3 Å². The number of carboxylic acid groups (broad SMARTS) is 1. The third-order valence-corrected chi connectivity index (χ3v) is 4.72. The molecular weight excluding hydrogens is 326 g/mol. The molecule has 0 radical (unpaired) electrons. The molecule has 2 unspecified atom stereocenters. The van der Waals surface area contributed by atoms with Gasteiger partial charge in [0.2, 0.25) is 0 Å². The fourth-order valence-electron chi connectivity index (χ4n) is 2.18. The van der Waals surface area contributed by atoms with Gasteiger partial charge in [-0.1, -0.05) is 0 Å². The summed E-state index contributed by atoms with van der Waals surface area (Å²) in [5, 5.41) is 12.3. The average Bonchev–Trinajstić information content (AvgIpc) is 3.11. The van der Waals surface area contributed by atoms with Crippen LogP contribution in [0.5, 0.6) is 0 Å². The summed E-state index contributed by atoms with van der Waals surface area (Å²) in [4.78, 5) is 11.1. The van der Waals surface area contributed by atoms with E-state index in [2.05, 4.69) is 5.32 Å². The molecule has 0 amide bonds. The Kier molecular flexibility index (Phi) is 6.75. The van der Waals surface area contributed by atoms with Crippen molar-refractivity contribution in [3.05, 3.63) is 60.2 Å². The van der Waals surface area contributed by atoms with Crippen LogP contribution in [0.25, 0.3) is 0 Å². The molecule has 0 aromatic heterocycles. The maximum atomic E-state index is 11.1. The minimum atomic E-state index is -0.776. The summed E-state index contributed by atoms with van der Waals surface area (Å²) in [6.07, 6.45) is 0. The van der Waals surface area contributed by atoms with Crippen molar-refractivity contribution in [2.24, 2.45) is 0 Å². The first-order valence-corrected chi connectivity index (χ1v) is 7.43.